The molecule has 0 unspecified atom stereocenters. The van der Waals surface area contributed by atoms with Crippen LogP contribution in [0.1, 0.15) is 27.1 Å². The molecular formula is C17H17N3O4. The zero-order valence-electron chi connectivity index (χ0n) is 13.1. The molecule has 0 bridgehead atoms. The first-order valence-corrected chi connectivity index (χ1v) is 7.27. The standard InChI is InChI=1S/C17H17N3O4/c1-24-17(23)13-6-4-5-12(11-13)16(22)19-10-8-15(21)20-14-7-2-3-9-18-14/h2-7,9,11H,8,10H2,1H3,(H,19,22)(H,18,20,21). The summed E-state index contributed by atoms with van der Waals surface area (Å²) >= 11 is 0. The van der Waals surface area contributed by atoms with Gasteiger partial charge in [-0.1, -0.05) is 12.1 Å². The van der Waals surface area contributed by atoms with E-state index in [4.69, 9.17) is 0 Å². The second-order valence-corrected chi connectivity index (χ2v) is 4.84. The number of ether oxygens (including phenoxy) is 1. The molecule has 2 N–H and O–H groups in total. The SMILES string of the molecule is COC(=O)c1cccc(C(=O)NCCC(=O)Nc2ccccn2)c1. The Morgan fingerprint density at radius 2 is 1.88 bits per heavy atom. The van der Waals surface area contributed by atoms with Crippen LogP contribution < -0.4 is 10.6 Å². The fourth-order valence-electron chi connectivity index (χ4n) is 1.94. The molecule has 0 atom stereocenters. The summed E-state index contributed by atoms with van der Waals surface area (Å²) < 4.78 is 4.61. The van der Waals surface area contributed by atoms with Gasteiger partial charge in [0.1, 0.15) is 5.82 Å². The normalized spacial score (nSPS) is 9.88. The van der Waals surface area contributed by atoms with Gasteiger partial charge in [0.15, 0.2) is 0 Å². The second-order valence-electron chi connectivity index (χ2n) is 4.84. The van der Waals surface area contributed by atoms with Crippen molar-refractivity contribution in [3.8, 4) is 0 Å². The minimum atomic E-state index is -0.514. The zero-order valence-corrected chi connectivity index (χ0v) is 13.1. The Balaban J connectivity index is 1.83. The van der Waals surface area contributed by atoms with Gasteiger partial charge in [-0.25, -0.2) is 9.78 Å². The van der Waals surface area contributed by atoms with Crippen LogP contribution in [-0.4, -0.2) is 36.4 Å². The number of aromatic nitrogens is 1. The van der Waals surface area contributed by atoms with Gasteiger partial charge in [-0.3, -0.25) is 9.59 Å². The van der Waals surface area contributed by atoms with Gasteiger partial charge < -0.3 is 15.4 Å². The van der Waals surface area contributed by atoms with Gasteiger partial charge in [0, 0.05) is 24.7 Å². The summed E-state index contributed by atoms with van der Waals surface area (Å²) in [6, 6.07) is 11.4. The molecule has 0 saturated carbocycles. The summed E-state index contributed by atoms with van der Waals surface area (Å²) in [7, 11) is 1.27. The number of pyridine rings is 1. The molecule has 7 heteroatoms. The van der Waals surface area contributed by atoms with Crippen molar-refractivity contribution < 1.29 is 19.1 Å². The van der Waals surface area contributed by atoms with Crippen LogP contribution >= 0.6 is 0 Å². The van der Waals surface area contributed by atoms with E-state index in [2.05, 4.69) is 20.4 Å². The summed E-state index contributed by atoms with van der Waals surface area (Å²) in [5.74, 6) is -0.678. The van der Waals surface area contributed by atoms with Crippen molar-refractivity contribution in [1.82, 2.24) is 10.3 Å². The fourth-order valence-corrected chi connectivity index (χ4v) is 1.94. The Morgan fingerprint density at radius 3 is 2.58 bits per heavy atom. The van der Waals surface area contributed by atoms with E-state index >= 15 is 0 Å². The van der Waals surface area contributed by atoms with Gasteiger partial charge in [-0.15, -0.1) is 0 Å². The Bertz CT molecular complexity index is 732. The lowest BCUT2D eigenvalue weighted by Gasteiger charge is -2.07. The van der Waals surface area contributed by atoms with E-state index in [-0.39, 0.29) is 30.3 Å². The maximum atomic E-state index is 12.0. The van der Waals surface area contributed by atoms with E-state index in [1.807, 2.05) is 0 Å². The van der Waals surface area contributed by atoms with Gasteiger partial charge in [0.05, 0.1) is 12.7 Å². The monoisotopic (exact) mass is 327 g/mol. The number of nitrogens with one attached hydrogen (secondary N) is 2. The molecule has 0 aliphatic carbocycles. The first kappa shape index (κ1) is 17.1. The Hall–Kier alpha value is -3.22. The lowest BCUT2D eigenvalue weighted by Crippen LogP contribution is -2.28. The number of carbonyl (C=O) groups excluding carboxylic acids is 3. The maximum absolute atomic E-state index is 12.0. The van der Waals surface area contributed by atoms with Crippen LogP contribution in [0.3, 0.4) is 0 Å². The Labute approximate surface area is 139 Å². The zero-order chi connectivity index (χ0) is 17.4. The van der Waals surface area contributed by atoms with Gasteiger partial charge in [-0.05, 0) is 30.3 Å². The molecule has 0 aliphatic heterocycles. The van der Waals surface area contributed by atoms with Gasteiger partial charge in [-0.2, -0.15) is 0 Å². The van der Waals surface area contributed by atoms with Crippen molar-refractivity contribution in [2.24, 2.45) is 0 Å². The molecule has 0 spiro atoms. The minimum absolute atomic E-state index is 0.110. The van der Waals surface area contributed by atoms with Crippen molar-refractivity contribution in [3.63, 3.8) is 0 Å². The van der Waals surface area contributed by atoms with Gasteiger partial charge in [0.2, 0.25) is 5.91 Å². The summed E-state index contributed by atoms with van der Waals surface area (Å²) in [4.78, 5) is 39.2. The molecule has 0 radical (unpaired) electrons. The van der Waals surface area contributed by atoms with E-state index in [1.165, 1.54) is 13.2 Å². The van der Waals surface area contributed by atoms with Crippen LogP contribution in [0.2, 0.25) is 0 Å². The number of hydrogen-bond donors (Lipinski definition) is 2. The van der Waals surface area contributed by atoms with Crippen LogP contribution in [0.4, 0.5) is 5.82 Å². The van der Waals surface area contributed by atoms with Crippen molar-refractivity contribution >= 4 is 23.6 Å². The van der Waals surface area contributed by atoms with Gasteiger partial charge in [0.25, 0.3) is 5.91 Å². The largest absolute Gasteiger partial charge is 0.465 e. The lowest BCUT2D eigenvalue weighted by atomic mass is 10.1. The predicted octanol–water partition coefficient (Wildman–Crippen LogP) is 1.63. The van der Waals surface area contributed by atoms with Crippen molar-refractivity contribution in [1.29, 1.82) is 0 Å². The molecular weight excluding hydrogens is 310 g/mol. The predicted molar refractivity (Wildman–Crippen MR) is 87.6 cm³/mol. The number of benzene rings is 1. The summed E-state index contributed by atoms with van der Waals surface area (Å²) in [5, 5.41) is 5.25. The summed E-state index contributed by atoms with van der Waals surface area (Å²) in [6.45, 7) is 0.167. The Morgan fingerprint density at radius 1 is 1.08 bits per heavy atom. The van der Waals surface area contributed by atoms with E-state index in [0.717, 1.165) is 0 Å². The topological polar surface area (TPSA) is 97.4 Å². The van der Waals surface area contributed by atoms with Gasteiger partial charge >= 0.3 is 5.97 Å². The quantitative estimate of drug-likeness (QED) is 0.786. The first-order valence-electron chi connectivity index (χ1n) is 7.27. The highest BCUT2D eigenvalue weighted by atomic mass is 16.5. The van der Waals surface area contributed by atoms with E-state index in [1.54, 1.807) is 42.6 Å². The van der Waals surface area contributed by atoms with E-state index in [9.17, 15) is 14.4 Å². The molecule has 0 saturated heterocycles. The van der Waals surface area contributed by atoms with E-state index < -0.39 is 5.97 Å². The van der Waals surface area contributed by atoms with E-state index in [0.29, 0.717) is 11.4 Å². The number of hydrogen-bond acceptors (Lipinski definition) is 5. The number of methoxy groups -OCH3 is 1. The molecule has 1 heterocycles. The highest BCUT2D eigenvalue weighted by molar-refractivity contribution is 5.98. The highest BCUT2D eigenvalue weighted by Crippen LogP contribution is 2.07. The molecule has 2 amide bonds. The molecule has 124 valence electrons. The third-order valence-corrected chi connectivity index (χ3v) is 3.12. The van der Waals surface area contributed by atoms with Crippen LogP contribution in [0.25, 0.3) is 0 Å². The van der Waals surface area contributed by atoms with Crippen molar-refractivity contribution in [2.45, 2.75) is 6.42 Å². The van der Waals surface area contributed by atoms with Crippen molar-refractivity contribution in [2.75, 3.05) is 19.0 Å². The molecule has 24 heavy (non-hydrogen) atoms. The molecule has 2 aromatic rings. The van der Waals surface area contributed by atoms with Crippen LogP contribution in [0, 0.1) is 0 Å². The average molecular weight is 327 g/mol. The molecule has 2 rings (SSSR count). The van der Waals surface area contributed by atoms with Crippen LogP contribution in [-0.2, 0) is 9.53 Å². The highest BCUT2D eigenvalue weighted by Gasteiger charge is 2.11. The number of amides is 2. The van der Waals surface area contributed by atoms with Crippen molar-refractivity contribution in [3.05, 3.63) is 59.8 Å². The Kier molecular flexibility index (Phi) is 6.01. The number of anilines is 1. The lowest BCUT2D eigenvalue weighted by molar-refractivity contribution is -0.116. The third kappa shape index (κ3) is 4.91. The fraction of sp³-hybridized carbons (Fsp3) is 0.176. The number of esters is 1. The summed E-state index contributed by atoms with van der Waals surface area (Å²) in [6.07, 6.45) is 1.69. The molecule has 0 fully saturated rings. The smallest absolute Gasteiger partial charge is 0.337 e. The summed E-state index contributed by atoms with van der Waals surface area (Å²) in [5.41, 5.74) is 0.612. The van der Waals surface area contributed by atoms with Crippen LogP contribution in [0.5, 0.6) is 0 Å². The third-order valence-electron chi connectivity index (χ3n) is 3.12. The second kappa shape index (κ2) is 8.42. The molecule has 1 aromatic carbocycles. The molecule has 1 aromatic heterocycles. The first-order chi connectivity index (χ1) is 11.6. The number of carbonyl (C=O) groups is 3. The molecule has 0 aliphatic rings. The number of nitrogens with zero attached hydrogens (tertiary/aromatic N) is 1. The molecule has 7 nitrogen and oxygen atoms in total. The van der Waals surface area contributed by atoms with Crippen LogP contribution in [0.15, 0.2) is 48.7 Å². The minimum Gasteiger partial charge on any atom is -0.465 e. The number of rotatable bonds is 6. The average Bonchev–Trinajstić information content (AvgIpc) is 2.61. The maximum Gasteiger partial charge on any atom is 0.337 e.